The number of aromatic nitrogens is 1. The Morgan fingerprint density at radius 1 is 1.44 bits per heavy atom. The second-order valence-corrected chi connectivity index (χ2v) is 6.11. The van der Waals surface area contributed by atoms with Crippen LogP contribution in [0.2, 0.25) is 0 Å². The van der Waals surface area contributed by atoms with Crippen LogP contribution in [0.15, 0.2) is 29.3 Å². The number of rotatable bonds is 4. The van der Waals surface area contributed by atoms with Gasteiger partial charge in [-0.1, -0.05) is 6.07 Å². The first-order valence-corrected chi connectivity index (χ1v) is 6.95. The van der Waals surface area contributed by atoms with Gasteiger partial charge >= 0.3 is 0 Å². The van der Waals surface area contributed by atoms with Crippen LogP contribution >= 0.6 is 11.9 Å². The molecule has 0 unspecified atom stereocenters. The number of H-pyrrole nitrogens is 1. The van der Waals surface area contributed by atoms with Gasteiger partial charge in [0.1, 0.15) is 0 Å². The van der Waals surface area contributed by atoms with Crippen molar-refractivity contribution in [3.05, 3.63) is 30.0 Å². The average Bonchev–Trinajstić information content (AvgIpc) is 2.92. The minimum absolute atomic E-state index is 0.102. The maximum absolute atomic E-state index is 11.4. The molecule has 0 atom stereocenters. The van der Waals surface area contributed by atoms with Gasteiger partial charge in [-0.3, -0.25) is 9.52 Å². The summed E-state index contributed by atoms with van der Waals surface area (Å²) in [7, 11) is 0. The van der Waals surface area contributed by atoms with E-state index in [-0.39, 0.29) is 5.78 Å². The molecule has 1 aromatic heterocycles. The van der Waals surface area contributed by atoms with Crippen molar-refractivity contribution in [1.82, 2.24) is 9.71 Å². The Bertz CT molecular complexity index is 613. The van der Waals surface area contributed by atoms with Crippen molar-refractivity contribution < 1.29 is 4.79 Å². The Balaban J connectivity index is 1.85. The predicted octanol–water partition coefficient (Wildman–Crippen LogP) is 3.52. The Morgan fingerprint density at radius 2 is 2.22 bits per heavy atom. The normalized spacial score (nSPS) is 17.0. The largest absolute Gasteiger partial charge is 0.360 e. The molecule has 0 aliphatic heterocycles. The number of Topliss-reactive ketones (excluding diaryl/α,β-unsaturated/α-hetero) is 1. The van der Waals surface area contributed by atoms with Crippen LogP contribution in [0.5, 0.6) is 0 Å². The third-order valence-electron chi connectivity index (χ3n) is 3.45. The number of carbonyl (C=O) groups excluding carboxylic acids is 1. The van der Waals surface area contributed by atoms with Gasteiger partial charge in [-0.15, -0.1) is 0 Å². The first-order valence-electron chi connectivity index (χ1n) is 6.13. The van der Waals surface area contributed by atoms with Gasteiger partial charge in [0.2, 0.25) is 0 Å². The lowest BCUT2D eigenvalue weighted by Gasteiger charge is -2.09. The van der Waals surface area contributed by atoms with Crippen molar-refractivity contribution in [2.24, 2.45) is 0 Å². The lowest BCUT2D eigenvalue weighted by molar-refractivity contribution is 0.101. The fourth-order valence-corrected chi connectivity index (χ4v) is 2.81. The van der Waals surface area contributed by atoms with E-state index >= 15 is 0 Å². The SMILES string of the molecule is CC(=O)c1c[nH]c2cc(SNC3(C)CC3)ccc12. The first kappa shape index (κ1) is 11.8. The van der Waals surface area contributed by atoms with Crippen LogP contribution in [0.1, 0.15) is 37.0 Å². The molecule has 0 bridgehead atoms. The van der Waals surface area contributed by atoms with E-state index < -0.39 is 0 Å². The summed E-state index contributed by atoms with van der Waals surface area (Å²) in [5, 5.41) is 1.00. The first-order chi connectivity index (χ1) is 8.57. The maximum atomic E-state index is 11.4. The number of hydrogen-bond acceptors (Lipinski definition) is 3. The molecule has 1 fully saturated rings. The van der Waals surface area contributed by atoms with Crippen molar-refractivity contribution in [3.63, 3.8) is 0 Å². The molecule has 0 radical (unpaired) electrons. The van der Waals surface area contributed by atoms with Crippen molar-refractivity contribution in [2.75, 3.05) is 0 Å². The highest BCUT2D eigenvalue weighted by atomic mass is 32.2. The standard InChI is InChI=1S/C14H16N2OS/c1-9(17)12-8-15-13-7-10(3-4-11(12)13)18-16-14(2)5-6-14/h3-4,7-8,15-16H,5-6H2,1-2H3. The van der Waals surface area contributed by atoms with Crippen molar-refractivity contribution >= 4 is 28.6 Å². The van der Waals surface area contributed by atoms with E-state index in [0.29, 0.717) is 5.54 Å². The molecule has 3 nitrogen and oxygen atoms in total. The summed E-state index contributed by atoms with van der Waals surface area (Å²) >= 11 is 1.67. The highest BCUT2D eigenvalue weighted by Gasteiger charge is 2.36. The summed E-state index contributed by atoms with van der Waals surface area (Å²) in [5.74, 6) is 0.102. The van der Waals surface area contributed by atoms with Gasteiger partial charge in [0.15, 0.2) is 5.78 Å². The summed E-state index contributed by atoms with van der Waals surface area (Å²) in [6, 6.07) is 6.17. The third kappa shape index (κ3) is 2.18. The van der Waals surface area contributed by atoms with Crippen molar-refractivity contribution in [1.29, 1.82) is 0 Å². The molecule has 0 spiro atoms. The monoisotopic (exact) mass is 260 g/mol. The van der Waals surface area contributed by atoms with Crippen LogP contribution in [0, 0.1) is 0 Å². The fraction of sp³-hybridized carbons (Fsp3) is 0.357. The predicted molar refractivity (Wildman–Crippen MR) is 74.9 cm³/mol. The maximum Gasteiger partial charge on any atom is 0.161 e. The molecular weight excluding hydrogens is 244 g/mol. The number of carbonyl (C=O) groups is 1. The van der Waals surface area contributed by atoms with Crippen molar-refractivity contribution in [2.45, 2.75) is 37.1 Å². The molecule has 1 aliphatic rings. The average molecular weight is 260 g/mol. The Hall–Kier alpha value is -1.26. The lowest BCUT2D eigenvalue weighted by Crippen LogP contribution is -2.19. The number of benzene rings is 1. The number of ketones is 1. The molecule has 3 rings (SSSR count). The summed E-state index contributed by atoms with van der Waals surface area (Å²) in [5.41, 5.74) is 2.11. The zero-order valence-corrected chi connectivity index (χ0v) is 11.4. The molecule has 1 aromatic carbocycles. The second kappa shape index (κ2) is 4.14. The van der Waals surface area contributed by atoms with Gasteiger partial charge in [0.25, 0.3) is 0 Å². The molecule has 1 aliphatic carbocycles. The Kier molecular flexibility index (Phi) is 2.72. The van der Waals surface area contributed by atoms with Crippen LogP contribution in [0.3, 0.4) is 0 Å². The summed E-state index contributed by atoms with van der Waals surface area (Å²) in [6.45, 7) is 3.84. The molecular formula is C14H16N2OS. The second-order valence-electron chi connectivity index (χ2n) is 5.23. The molecule has 2 N–H and O–H groups in total. The molecule has 94 valence electrons. The van der Waals surface area contributed by atoms with E-state index in [2.05, 4.69) is 28.8 Å². The Morgan fingerprint density at radius 3 is 2.89 bits per heavy atom. The molecule has 18 heavy (non-hydrogen) atoms. The van der Waals surface area contributed by atoms with E-state index in [0.717, 1.165) is 16.5 Å². The third-order valence-corrected chi connectivity index (χ3v) is 4.53. The van der Waals surface area contributed by atoms with E-state index in [4.69, 9.17) is 0 Å². The number of aromatic amines is 1. The van der Waals surface area contributed by atoms with E-state index in [9.17, 15) is 4.79 Å². The number of hydrogen-bond donors (Lipinski definition) is 2. The van der Waals surface area contributed by atoms with Crippen LogP contribution in [-0.2, 0) is 0 Å². The van der Waals surface area contributed by atoms with Gasteiger partial charge in [-0.25, -0.2) is 0 Å². The van der Waals surface area contributed by atoms with E-state index in [1.54, 1.807) is 25.1 Å². The van der Waals surface area contributed by atoms with Crippen molar-refractivity contribution in [3.8, 4) is 0 Å². The highest BCUT2D eigenvalue weighted by molar-refractivity contribution is 7.97. The number of fused-ring (bicyclic) bond motifs is 1. The minimum atomic E-state index is 0.102. The van der Waals surface area contributed by atoms with Crippen LogP contribution in [0.25, 0.3) is 10.9 Å². The van der Waals surface area contributed by atoms with Gasteiger partial charge < -0.3 is 4.98 Å². The smallest absolute Gasteiger partial charge is 0.161 e. The van der Waals surface area contributed by atoms with Gasteiger partial charge in [-0.05, 0) is 50.8 Å². The van der Waals surface area contributed by atoms with Crippen LogP contribution in [-0.4, -0.2) is 16.3 Å². The van der Waals surface area contributed by atoms with Gasteiger partial charge in [0, 0.05) is 33.1 Å². The molecule has 0 amide bonds. The number of nitrogens with one attached hydrogen (secondary N) is 2. The molecule has 2 aromatic rings. The zero-order chi connectivity index (χ0) is 12.8. The zero-order valence-electron chi connectivity index (χ0n) is 10.5. The summed E-state index contributed by atoms with van der Waals surface area (Å²) in [4.78, 5) is 15.8. The topological polar surface area (TPSA) is 44.9 Å². The molecule has 1 heterocycles. The summed E-state index contributed by atoms with van der Waals surface area (Å²) < 4.78 is 3.48. The molecule has 0 saturated heterocycles. The molecule has 4 heteroatoms. The van der Waals surface area contributed by atoms with Crippen LogP contribution in [0.4, 0.5) is 0 Å². The van der Waals surface area contributed by atoms with E-state index in [1.807, 2.05) is 6.07 Å². The molecule has 1 saturated carbocycles. The summed E-state index contributed by atoms with van der Waals surface area (Å²) in [6.07, 6.45) is 4.29. The quantitative estimate of drug-likeness (QED) is 0.653. The van der Waals surface area contributed by atoms with Crippen LogP contribution < -0.4 is 4.72 Å². The van der Waals surface area contributed by atoms with Gasteiger partial charge in [0.05, 0.1) is 0 Å². The Labute approximate surface area is 110 Å². The lowest BCUT2D eigenvalue weighted by atomic mass is 10.1. The minimum Gasteiger partial charge on any atom is -0.360 e. The fourth-order valence-electron chi connectivity index (χ4n) is 1.93. The highest BCUT2D eigenvalue weighted by Crippen LogP contribution is 2.37. The van der Waals surface area contributed by atoms with Gasteiger partial charge in [-0.2, -0.15) is 0 Å². The van der Waals surface area contributed by atoms with E-state index in [1.165, 1.54) is 17.7 Å².